The van der Waals surface area contributed by atoms with E-state index in [2.05, 4.69) is 43.3 Å². The number of nitrogens with two attached hydrogens (primary N) is 1. The molecule has 3 nitrogen and oxygen atoms in total. The number of benzene rings is 2. The molecule has 0 spiro atoms. The molecule has 3 heteroatoms. The summed E-state index contributed by atoms with van der Waals surface area (Å²) in [6.45, 7) is 7.91. The molecular weight excluding hydrogens is 286 g/mol. The van der Waals surface area contributed by atoms with Gasteiger partial charge in [0.25, 0.3) is 0 Å². The molecule has 0 saturated carbocycles. The van der Waals surface area contributed by atoms with E-state index in [9.17, 15) is 0 Å². The van der Waals surface area contributed by atoms with Gasteiger partial charge in [-0.25, -0.2) is 0 Å². The minimum atomic E-state index is 0.271. The van der Waals surface area contributed by atoms with Crippen LogP contribution in [0.4, 0.5) is 0 Å². The van der Waals surface area contributed by atoms with Gasteiger partial charge in [0, 0.05) is 5.92 Å². The van der Waals surface area contributed by atoms with Gasteiger partial charge in [-0.1, -0.05) is 35.9 Å². The summed E-state index contributed by atoms with van der Waals surface area (Å²) < 4.78 is 11.4. The molecule has 1 atom stereocenters. The van der Waals surface area contributed by atoms with Crippen molar-refractivity contribution >= 4 is 0 Å². The topological polar surface area (TPSA) is 44.5 Å². The van der Waals surface area contributed by atoms with Gasteiger partial charge < -0.3 is 15.2 Å². The first-order chi connectivity index (χ1) is 11.2. The molecule has 2 aromatic rings. The summed E-state index contributed by atoms with van der Waals surface area (Å²) >= 11 is 0. The zero-order chi connectivity index (χ0) is 16.7. The Kier molecular flexibility index (Phi) is 6.48. The van der Waals surface area contributed by atoms with E-state index >= 15 is 0 Å². The lowest BCUT2D eigenvalue weighted by molar-refractivity contribution is 0.287. The largest absolute Gasteiger partial charge is 0.490 e. The third kappa shape index (κ3) is 4.73. The van der Waals surface area contributed by atoms with Crippen LogP contribution < -0.4 is 15.2 Å². The first kappa shape index (κ1) is 17.4. The molecule has 1 unspecified atom stereocenters. The summed E-state index contributed by atoms with van der Waals surface area (Å²) in [7, 11) is 0. The van der Waals surface area contributed by atoms with Crippen LogP contribution in [0.2, 0.25) is 0 Å². The van der Waals surface area contributed by atoms with Crippen LogP contribution in [0.15, 0.2) is 42.5 Å². The van der Waals surface area contributed by atoms with Crippen molar-refractivity contribution in [2.45, 2.75) is 33.1 Å². The van der Waals surface area contributed by atoms with E-state index in [0.717, 1.165) is 17.9 Å². The van der Waals surface area contributed by atoms with Crippen molar-refractivity contribution < 1.29 is 9.47 Å². The van der Waals surface area contributed by atoms with E-state index in [4.69, 9.17) is 15.2 Å². The summed E-state index contributed by atoms with van der Waals surface area (Å²) in [6, 6.07) is 14.8. The molecule has 0 fully saturated rings. The Morgan fingerprint density at radius 3 is 2.17 bits per heavy atom. The first-order valence-corrected chi connectivity index (χ1v) is 8.33. The van der Waals surface area contributed by atoms with Crippen molar-refractivity contribution in [2.75, 3.05) is 19.8 Å². The van der Waals surface area contributed by atoms with Crippen molar-refractivity contribution in [1.82, 2.24) is 0 Å². The number of rotatable bonds is 8. The summed E-state index contributed by atoms with van der Waals surface area (Å²) in [6.07, 6.45) is 0.927. The monoisotopic (exact) mass is 313 g/mol. The molecule has 0 aliphatic heterocycles. The average Bonchev–Trinajstić information content (AvgIpc) is 2.56. The highest BCUT2D eigenvalue weighted by atomic mass is 16.5. The Labute approximate surface area is 139 Å². The van der Waals surface area contributed by atoms with E-state index in [0.29, 0.717) is 19.8 Å². The van der Waals surface area contributed by atoms with Gasteiger partial charge in [-0.3, -0.25) is 0 Å². The smallest absolute Gasteiger partial charge is 0.161 e. The molecule has 2 aromatic carbocycles. The molecule has 0 amide bonds. The van der Waals surface area contributed by atoms with E-state index < -0.39 is 0 Å². The highest BCUT2D eigenvalue weighted by Gasteiger charge is 2.14. The van der Waals surface area contributed by atoms with Gasteiger partial charge in [-0.05, 0) is 57.0 Å². The van der Waals surface area contributed by atoms with Crippen LogP contribution in [0.3, 0.4) is 0 Å². The number of aryl methyl sites for hydroxylation is 1. The molecule has 0 aliphatic carbocycles. The predicted molar refractivity (Wildman–Crippen MR) is 95.5 cm³/mol. The Bertz CT molecular complexity index is 608. The molecule has 2 N–H and O–H groups in total. The van der Waals surface area contributed by atoms with Crippen LogP contribution in [0.1, 0.15) is 36.5 Å². The number of ether oxygens (including phenoxy) is 2. The SMILES string of the molecule is CCOc1ccc(C(CN)Cc2ccc(C)cc2)cc1OCC. The highest BCUT2D eigenvalue weighted by Crippen LogP contribution is 2.32. The molecule has 0 radical (unpaired) electrons. The van der Waals surface area contributed by atoms with Crippen LogP contribution in [-0.4, -0.2) is 19.8 Å². The molecule has 0 aliphatic rings. The summed E-state index contributed by atoms with van der Waals surface area (Å²) in [5.74, 6) is 1.87. The Morgan fingerprint density at radius 2 is 1.57 bits per heavy atom. The predicted octanol–water partition coefficient (Wildman–Crippen LogP) is 4.08. The minimum Gasteiger partial charge on any atom is -0.490 e. The fourth-order valence-corrected chi connectivity index (χ4v) is 2.67. The second-order valence-electron chi connectivity index (χ2n) is 5.69. The van der Waals surface area contributed by atoms with Crippen molar-refractivity contribution in [3.8, 4) is 11.5 Å². The third-order valence-corrected chi connectivity index (χ3v) is 3.93. The normalized spacial score (nSPS) is 12.0. The maximum absolute atomic E-state index is 6.03. The Morgan fingerprint density at radius 1 is 0.913 bits per heavy atom. The van der Waals surface area contributed by atoms with Crippen molar-refractivity contribution in [3.63, 3.8) is 0 Å². The van der Waals surface area contributed by atoms with Gasteiger partial charge in [0.05, 0.1) is 13.2 Å². The summed E-state index contributed by atoms with van der Waals surface area (Å²) in [5, 5.41) is 0. The average molecular weight is 313 g/mol. The van der Waals surface area contributed by atoms with Gasteiger partial charge in [0.1, 0.15) is 0 Å². The van der Waals surface area contributed by atoms with Crippen LogP contribution in [0.25, 0.3) is 0 Å². The lowest BCUT2D eigenvalue weighted by Gasteiger charge is -2.18. The van der Waals surface area contributed by atoms with E-state index in [1.165, 1.54) is 16.7 Å². The third-order valence-electron chi connectivity index (χ3n) is 3.93. The summed E-state index contributed by atoms with van der Waals surface area (Å²) in [5.41, 5.74) is 9.80. The quantitative estimate of drug-likeness (QED) is 0.798. The highest BCUT2D eigenvalue weighted by molar-refractivity contribution is 5.44. The molecule has 0 aromatic heterocycles. The number of hydrogen-bond acceptors (Lipinski definition) is 3. The fourth-order valence-electron chi connectivity index (χ4n) is 2.67. The molecule has 0 saturated heterocycles. The van der Waals surface area contributed by atoms with Crippen molar-refractivity contribution in [3.05, 3.63) is 59.2 Å². The van der Waals surface area contributed by atoms with E-state index in [1.807, 2.05) is 19.9 Å². The van der Waals surface area contributed by atoms with Gasteiger partial charge in [-0.15, -0.1) is 0 Å². The van der Waals surface area contributed by atoms with Gasteiger partial charge in [0.2, 0.25) is 0 Å². The second kappa shape index (κ2) is 8.59. The standard InChI is InChI=1S/C20H27NO2/c1-4-22-19-11-10-17(13-20(19)23-5-2)18(14-21)12-16-8-6-15(3)7-9-16/h6-11,13,18H,4-5,12,14,21H2,1-3H3. The zero-order valence-corrected chi connectivity index (χ0v) is 14.3. The maximum atomic E-state index is 6.03. The molecule has 23 heavy (non-hydrogen) atoms. The zero-order valence-electron chi connectivity index (χ0n) is 14.3. The molecule has 2 rings (SSSR count). The molecule has 124 valence electrons. The van der Waals surface area contributed by atoms with Crippen LogP contribution >= 0.6 is 0 Å². The van der Waals surface area contributed by atoms with Crippen molar-refractivity contribution in [2.24, 2.45) is 5.73 Å². The van der Waals surface area contributed by atoms with E-state index in [-0.39, 0.29) is 5.92 Å². The van der Waals surface area contributed by atoms with Gasteiger partial charge in [-0.2, -0.15) is 0 Å². The lowest BCUT2D eigenvalue weighted by atomic mass is 9.91. The minimum absolute atomic E-state index is 0.271. The van der Waals surface area contributed by atoms with Crippen LogP contribution in [-0.2, 0) is 6.42 Å². The molecule has 0 heterocycles. The second-order valence-corrected chi connectivity index (χ2v) is 5.69. The van der Waals surface area contributed by atoms with Crippen molar-refractivity contribution in [1.29, 1.82) is 0 Å². The van der Waals surface area contributed by atoms with Crippen LogP contribution in [0, 0.1) is 6.92 Å². The first-order valence-electron chi connectivity index (χ1n) is 8.33. The Hall–Kier alpha value is -2.00. The maximum Gasteiger partial charge on any atom is 0.161 e. The van der Waals surface area contributed by atoms with Gasteiger partial charge >= 0.3 is 0 Å². The fraction of sp³-hybridized carbons (Fsp3) is 0.400. The van der Waals surface area contributed by atoms with E-state index in [1.54, 1.807) is 0 Å². The Balaban J connectivity index is 2.22. The molecule has 0 bridgehead atoms. The lowest BCUT2D eigenvalue weighted by Crippen LogP contribution is -2.15. The van der Waals surface area contributed by atoms with Crippen LogP contribution in [0.5, 0.6) is 11.5 Å². The molecular formula is C20H27NO2. The summed E-state index contributed by atoms with van der Waals surface area (Å²) in [4.78, 5) is 0. The van der Waals surface area contributed by atoms with Gasteiger partial charge in [0.15, 0.2) is 11.5 Å². The number of hydrogen-bond donors (Lipinski definition) is 1.